The van der Waals surface area contributed by atoms with Gasteiger partial charge in [0, 0.05) is 44.5 Å². The number of benzene rings is 1. The number of likely N-dealkylation sites (N-methyl/N-ethyl adjacent to an activating group) is 1. The van der Waals surface area contributed by atoms with Crippen LogP contribution in [0.25, 0.3) is 5.57 Å². The molecular weight excluding hydrogens is 424 g/mol. The quantitative estimate of drug-likeness (QED) is 0.605. The highest BCUT2D eigenvalue weighted by atomic mass is 16.5. The first-order valence-electron chi connectivity index (χ1n) is 11.0. The van der Waals surface area contributed by atoms with E-state index in [1.165, 1.54) is 6.33 Å². The van der Waals surface area contributed by atoms with Crippen LogP contribution in [-0.4, -0.2) is 60.5 Å². The Morgan fingerprint density at radius 3 is 2.82 bits per heavy atom. The van der Waals surface area contributed by atoms with Gasteiger partial charge in [0.1, 0.15) is 18.0 Å². The molecule has 0 radical (unpaired) electrons. The van der Waals surface area contributed by atoms with Crippen molar-refractivity contribution in [3.63, 3.8) is 0 Å². The molecule has 0 spiro atoms. The number of carbonyl (C=O) groups excluding carboxylic acids is 2. The molecule has 0 atom stereocenters. The number of nitrogens with one attached hydrogen (secondary N) is 3. The van der Waals surface area contributed by atoms with Gasteiger partial charge < -0.3 is 30.3 Å². The zero-order valence-corrected chi connectivity index (χ0v) is 18.8. The number of amides is 2. The van der Waals surface area contributed by atoms with E-state index in [4.69, 9.17) is 9.47 Å². The molecule has 0 unspecified atom stereocenters. The molecule has 10 nitrogen and oxygen atoms in total. The van der Waals surface area contributed by atoms with Gasteiger partial charge in [0.25, 0.3) is 5.91 Å². The van der Waals surface area contributed by atoms with Crippen LogP contribution in [0.15, 0.2) is 30.7 Å². The number of fused-ring (bicyclic) bond motifs is 2. The first-order valence-corrected chi connectivity index (χ1v) is 11.0. The number of carbonyl (C=O) groups is 2. The van der Waals surface area contributed by atoms with E-state index in [0.29, 0.717) is 60.4 Å². The monoisotopic (exact) mass is 452 g/mol. The Bertz CT molecular complexity index is 1070. The minimum absolute atomic E-state index is 0.0968. The molecule has 2 bridgehead atoms. The zero-order valence-electron chi connectivity index (χ0n) is 18.8. The Morgan fingerprint density at radius 2 is 1.97 bits per heavy atom. The predicted molar refractivity (Wildman–Crippen MR) is 125 cm³/mol. The van der Waals surface area contributed by atoms with Gasteiger partial charge in [-0.25, -0.2) is 9.97 Å². The molecule has 2 aromatic rings. The van der Waals surface area contributed by atoms with Crippen molar-refractivity contribution in [2.45, 2.75) is 25.7 Å². The summed E-state index contributed by atoms with van der Waals surface area (Å²) < 4.78 is 11.3. The van der Waals surface area contributed by atoms with Gasteiger partial charge in [-0.3, -0.25) is 9.59 Å². The molecule has 0 fully saturated rings. The lowest BCUT2D eigenvalue weighted by atomic mass is 10.1. The molecule has 174 valence electrons. The SMILES string of the molecule is COc1ccc2cc1OCCCCCC(=O)N(C)CCNc1ncnc3c1/C(=C/N2)C(=O)N3. The van der Waals surface area contributed by atoms with E-state index >= 15 is 0 Å². The van der Waals surface area contributed by atoms with Crippen molar-refractivity contribution in [3.05, 3.63) is 36.3 Å². The lowest BCUT2D eigenvalue weighted by molar-refractivity contribution is -0.129. The van der Waals surface area contributed by atoms with E-state index in [1.54, 1.807) is 25.3 Å². The molecule has 3 heterocycles. The van der Waals surface area contributed by atoms with Gasteiger partial charge in [-0.15, -0.1) is 0 Å². The van der Waals surface area contributed by atoms with E-state index < -0.39 is 0 Å². The van der Waals surface area contributed by atoms with Crippen LogP contribution in [0.3, 0.4) is 0 Å². The van der Waals surface area contributed by atoms with Gasteiger partial charge in [-0.2, -0.15) is 0 Å². The van der Waals surface area contributed by atoms with E-state index in [1.807, 2.05) is 18.2 Å². The van der Waals surface area contributed by atoms with Gasteiger partial charge in [0.2, 0.25) is 5.91 Å². The fraction of sp³-hybridized carbons (Fsp3) is 0.391. The van der Waals surface area contributed by atoms with Gasteiger partial charge >= 0.3 is 0 Å². The summed E-state index contributed by atoms with van der Waals surface area (Å²) in [5, 5.41) is 9.18. The molecule has 2 aliphatic rings. The van der Waals surface area contributed by atoms with Crippen molar-refractivity contribution in [2.75, 3.05) is 49.8 Å². The maximum atomic E-state index is 12.6. The highest BCUT2D eigenvalue weighted by Crippen LogP contribution is 2.35. The molecule has 10 heteroatoms. The second-order valence-electron chi connectivity index (χ2n) is 7.87. The van der Waals surface area contributed by atoms with Gasteiger partial charge in [0.05, 0.1) is 24.9 Å². The van der Waals surface area contributed by atoms with Crippen LogP contribution in [0.4, 0.5) is 17.3 Å². The van der Waals surface area contributed by atoms with Crippen molar-refractivity contribution in [2.24, 2.45) is 0 Å². The van der Waals surface area contributed by atoms with Crippen LogP contribution >= 0.6 is 0 Å². The van der Waals surface area contributed by atoms with Crippen molar-refractivity contribution in [1.82, 2.24) is 14.9 Å². The van der Waals surface area contributed by atoms with E-state index in [9.17, 15) is 9.59 Å². The van der Waals surface area contributed by atoms with Crippen molar-refractivity contribution in [1.29, 1.82) is 0 Å². The predicted octanol–water partition coefficient (Wildman–Crippen LogP) is 2.71. The topological polar surface area (TPSA) is 118 Å². The molecule has 1 aromatic carbocycles. The molecule has 0 saturated heterocycles. The Morgan fingerprint density at radius 1 is 1.12 bits per heavy atom. The number of anilines is 3. The molecule has 4 rings (SSSR count). The van der Waals surface area contributed by atoms with Crippen LogP contribution in [0.5, 0.6) is 11.5 Å². The number of aromatic nitrogens is 2. The van der Waals surface area contributed by atoms with Crippen molar-refractivity contribution >= 4 is 34.7 Å². The smallest absolute Gasteiger partial charge is 0.259 e. The standard InChI is InChI=1S/C23H28N6O4/c1-29-10-9-24-21-20-16(23(31)28-22(20)27-14-26-21)13-25-15-7-8-17(32-2)18(12-15)33-11-5-3-4-6-19(29)30/h7-8,12-14,25H,3-6,9-11H2,1-2H3,(H2,24,26,27,28,31)/b16-13-. The largest absolute Gasteiger partial charge is 0.493 e. The summed E-state index contributed by atoms with van der Waals surface area (Å²) in [6, 6.07) is 5.49. The maximum Gasteiger partial charge on any atom is 0.259 e. The number of ether oxygens (including phenoxy) is 2. The fourth-order valence-corrected chi connectivity index (χ4v) is 3.73. The molecule has 3 N–H and O–H groups in total. The number of rotatable bonds is 1. The number of nitrogens with zero attached hydrogens (tertiary/aromatic N) is 3. The van der Waals surface area contributed by atoms with Crippen molar-refractivity contribution in [3.8, 4) is 11.5 Å². The third-order valence-electron chi connectivity index (χ3n) is 5.60. The molecule has 33 heavy (non-hydrogen) atoms. The number of methoxy groups -OCH3 is 1. The summed E-state index contributed by atoms with van der Waals surface area (Å²) in [5.74, 6) is 2.03. The second kappa shape index (κ2) is 10.2. The van der Waals surface area contributed by atoms with Gasteiger partial charge in [-0.05, 0) is 31.4 Å². The van der Waals surface area contributed by atoms with E-state index in [0.717, 1.165) is 24.9 Å². The summed E-state index contributed by atoms with van der Waals surface area (Å²) in [4.78, 5) is 35.2. The number of hydrogen-bond acceptors (Lipinski definition) is 8. The highest BCUT2D eigenvalue weighted by molar-refractivity contribution is 6.32. The lowest BCUT2D eigenvalue weighted by Crippen LogP contribution is -2.31. The van der Waals surface area contributed by atoms with Crippen molar-refractivity contribution < 1.29 is 19.1 Å². The third kappa shape index (κ3) is 5.16. The van der Waals surface area contributed by atoms with Crippen LogP contribution in [-0.2, 0) is 9.59 Å². The summed E-state index contributed by atoms with van der Waals surface area (Å²) in [5.41, 5.74) is 1.75. The summed E-state index contributed by atoms with van der Waals surface area (Å²) in [6.45, 7) is 1.53. The summed E-state index contributed by atoms with van der Waals surface area (Å²) in [7, 11) is 3.38. The molecular formula is C23H28N6O4. The van der Waals surface area contributed by atoms with E-state index in [2.05, 4.69) is 25.9 Å². The van der Waals surface area contributed by atoms with Gasteiger partial charge in [0.15, 0.2) is 11.5 Å². The molecule has 2 amide bonds. The lowest BCUT2D eigenvalue weighted by Gasteiger charge is -2.18. The first kappa shape index (κ1) is 22.4. The normalized spacial score (nSPS) is 18.7. The Labute approximate surface area is 192 Å². The minimum Gasteiger partial charge on any atom is -0.493 e. The average Bonchev–Trinajstić information content (AvgIpc) is 3.14. The van der Waals surface area contributed by atoms with Gasteiger partial charge in [-0.1, -0.05) is 0 Å². The highest BCUT2D eigenvalue weighted by Gasteiger charge is 2.29. The zero-order chi connectivity index (χ0) is 23.2. The molecule has 1 aromatic heterocycles. The molecule has 2 aliphatic heterocycles. The van der Waals surface area contributed by atoms with E-state index in [-0.39, 0.29) is 11.8 Å². The van der Waals surface area contributed by atoms with Crippen LogP contribution < -0.4 is 25.4 Å². The van der Waals surface area contributed by atoms with Crippen LogP contribution in [0, 0.1) is 0 Å². The number of hydrogen-bond donors (Lipinski definition) is 3. The maximum absolute atomic E-state index is 12.6. The Hall–Kier alpha value is -3.82. The fourth-order valence-electron chi connectivity index (χ4n) is 3.73. The summed E-state index contributed by atoms with van der Waals surface area (Å²) in [6.07, 6.45) is 6.06. The first-order chi connectivity index (χ1) is 16.1. The minimum atomic E-state index is -0.274. The van der Waals surface area contributed by atoms with Crippen LogP contribution in [0.1, 0.15) is 31.2 Å². The summed E-state index contributed by atoms with van der Waals surface area (Å²) >= 11 is 0. The second-order valence-corrected chi connectivity index (χ2v) is 7.87. The Balaban J connectivity index is 1.64. The third-order valence-corrected chi connectivity index (χ3v) is 5.60. The molecule has 0 aliphatic carbocycles. The average molecular weight is 453 g/mol. The van der Waals surface area contributed by atoms with Crippen LogP contribution in [0.2, 0.25) is 0 Å². The Kier molecular flexibility index (Phi) is 6.92. The molecule has 0 saturated carbocycles.